The van der Waals surface area contributed by atoms with Crippen LogP contribution in [-0.2, 0) is 92.8 Å². The van der Waals surface area contributed by atoms with Gasteiger partial charge in [0, 0.05) is 131 Å². The number of rotatable bonds is 48. The number of para-hydroxylation sites is 1. The van der Waals surface area contributed by atoms with Gasteiger partial charge in [0.05, 0.1) is 26.0 Å². The van der Waals surface area contributed by atoms with Crippen LogP contribution >= 0.6 is 11.3 Å². The van der Waals surface area contributed by atoms with Crippen molar-refractivity contribution >= 4 is 105 Å². The first-order chi connectivity index (χ1) is 53.0. The summed E-state index contributed by atoms with van der Waals surface area (Å²) in [7, 11) is 0. The average Bonchev–Trinajstić information content (AvgIpc) is 1.80. The molecule has 1 aliphatic rings. The summed E-state index contributed by atoms with van der Waals surface area (Å²) >= 11 is 1.35. The third-order valence-corrected chi connectivity index (χ3v) is 19.6. The van der Waals surface area contributed by atoms with Crippen molar-refractivity contribution in [1.82, 2.24) is 82.8 Å². The predicted molar refractivity (Wildman–Crippen MR) is 410 cm³/mol. The Morgan fingerprint density at radius 2 is 1.07 bits per heavy atom. The van der Waals surface area contributed by atoms with Crippen molar-refractivity contribution in [3.8, 4) is 5.75 Å². The lowest BCUT2D eigenvalue weighted by atomic mass is 10.0. The van der Waals surface area contributed by atoms with E-state index in [0.717, 1.165) is 11.3 Å². The van der Waals surface area contributed by atoms with Crippen LogP contribution < -0.4 is 64.6 Å². The number of H-pyrrole nitrogens is 2. The molecular weight excluding hydrogens is 1460 g/mol. The van der Waals surface area contributed by atoms with Crippen LogP contribution in [0.5, 0.6) is 5.75 Å². The summed E-state index contributed by atoms with van der Waals surface area (Å²) in [5.74, 6) is -11.1. The fourth-order valence-corrected chi connectivity index (χ4v) is 13.2. The molecule has 0 saturated carbocycles. The standard InChI is InChI=1S/C75H108N18O17S/c1-5-6-17-55(68(77)103)86-74(109)60(39-52-15-14-35-111-52)89-73(108)59(38-50-41-78-45-82-50)85-63(97)26-28-80-75(110)67(46(2)3)90-69(104)47(4)83-71(106)58(37-49-40-81-54-18-12-11-16-53(49)54)88-70(105)56(24-25-61(76)95)87-72(107)57(36-48-20-22-51(94)23-21-48)84-62(96)19-10-8-7-9-13-27-79-64(98)42-91-29-31-92(43-65(99)100)33-34-93(32-30-91)44-66(101)102/h11-12,14-16,18,20-23,35,40-41,45-47,55-60,67,81,94H,5-10,13,17,19,24-34,36-39,42-44H2,1-4H3,(H2,76,95)(H2,77,103)(H,78,82)(H,79,98)(H,80,110)(H,83,106)(H,84,96)(H,85,97)(H,86,109)(H,87,107)(H,88,105)(H,89,108)(H,90,104)(H,99,100)(H,101,102)/t47-,55-,56-,57+,58-,59-,60-,67-/m0/s1. The third kappa shape index (κ3) is 32.3. The normalized spacial score (nSPS) is 15.0. The maximum absolute atomic E-state index is 14.7. The van der Waals surface area contributed by atoms with E-state index >= 15 is 0 Å². The smallest absolute Gasteiger partial charge is 0.317 e. The Morgan fingerprint density at radius 3 is 1.66 bits per heavy atom. The van der Waals surface area contributed by atoms with Crippen LogP contribution in [0.2, 0.25) is 0 Å². The van der Waals surface area contributed by atoms with Gasteiger partial charge in [-0.3, -0.25) is 81.8 Å². The number of unbranched alkanes of at least 4 members (excludes halogenated alkanes) is 5. The van der Waals surface area contributed by atoms with Crippen molar-refractivity contribution in [1.29, 1.82) is 0 Å². The minimum absolute atomic E-state index is 0.00451. The van der Waals surface area contributed by atoms with Gasteiger partial charge in [0.25, 0.3) is 0 Å². The highest BCUT2D eigenvalue weighted by atomic mass is 32.1. The predicted octanol–water partition coefficient (Wildman–Crippen LogP) is -0.524. The molecule has 8 atom stereocenters. The number of nitrogens with zero attached hydrogens (tertiary/aromatic N) is 4. The zero-order valence-electron chi connectivity index (χ0n) is 63.3. The Labute approximate surface area is 647 Å². The van der Waals surface area contributed by atoms with Crippen LogP contribution in [0.25, 0.3) is 10.9 Å². The van der Waals surface area contributed by atoms with E-state index in [1.807, 2.05) is 11.8 Å². The number of nitrogens with one attached hydrogen (secondary N) is 12. The summed E-state index contributed by atoms with van der Waals surface area (Å²) < 4.78 is 0. The Morgan fingerprint density at radius 1 is 0.514 bits per heavy atom. The molecule has 1 fully saturated rings. The van der Waals surface area contributed by atoms with Gasteiger partial charge >= 0.3 is 11.9 Å². The highest BCUT2D eigenvalue weighted by molar-refractivity contribution is 7.09. The van der Waals surface area contributed by atoms with Gasteiger partial charge < -0.3 is 89.9 Å². The number of benzene rings is 2. The molecule has 111 heavy (non-hydrogen) atoms. The molecule has 0 aliphatic carbocycles. The topological polar surface area (TPSA) is 526 Å². The number of carbonyl (C=O) groups excluding carboxylic acids is 12. The van der Waals surface area contributed by atoms with Gasteiger partial charge in [0.1, 0.15) is 54.1 Å². The molecule has 36 heteroatoms. The fourth-order valence-electron chi connectivity index (χ4n) is 12.4. The number of hydrogen-bond donors (Lipinski definition) is 17. The van der Waals surface area contributed by atoms with Crippen LogP contribution in [0.3, 0.4) is 0 Å². The maximum Gasteiger partial charge on any atom is 0.317 e. The summed E-state index contributed by atoms with van der Waals surface area (Å²) in [4.78, 5) is 204. The van der Waals surface area contributed by atoms with Gasteiger partial charge in [-0.15, -0.1) is 11.3 Å². The second-order valence-corrected chi connectivity index (χ2v) is 29.1. The lowest BCUT2D eigenvalue weighted by Gasteiger charge is -2.27. The Bertz CT molecular complexity index is 3870. The zero-order chi connectivity index (χ0) is 80.9. The minimum atomic E-state index is -1.54. The molecule has 0 spiro atoms. The number of aromatic amines is 2. The van der Waals surface area contributed by atoms with Crippen molar-refractivity contribution in [3.05, 3.63) is 106 Å². The van der Waals surface area contributed by atoms with Crippen molar-refractivity contribution in [2.24, 2.45) is 17.4 Å². The monoisotopic (exact) mass is 1560 g/mol. The number of carboxylic acids is 2. The number of carbonyl (C=O) groups is 14. The fraction of sp³-hybridized carbons (Fsp3) is 0.533. The van der Waals surface area contributed by atoms with E-state index in [1.54, 1.807) is 83.8 Å². The second-order valence-electron chi connectivity index (χ2n) is 28.0. The molecule has 1 saturated heterocycles. The van der Waals surface area contributed by atoms with Crippen molar-refractivity contribution < 1.29 is 82.4 Å². The van der Waals surface area contributed by atoms with E-state index in [4.69, 9.17) is 11.5 Å². The molecule has 1 aliphatic heterocycles. The first-order valence-corrected chi connectivity index (χ1v) is 38.4. The number of phenolic OH excluding ortho intramolecular Hbond substituents is 1. The van der Waals surface area contributed by atoms with Gasteiger partial charge in [-0.25, -0.2) is 4.98 Å². The minimum Gasteiger partial charge on any atom is -0.508 e. The number of primary amides is 2. The van der Waals surface area contributed by atoms with E-state index in [2.05, 4.69) is 68.1 Å². The number of phenols is 1. The molecule has 0 bridgehead atoms. The summed E-state index contributed by atoms with van der Waals surface area (Å²) in [6, 6.07) is 6.27. The summed E-state index contributed by atoms with van der Waals surface area (Å²) in [6.45, 7) is 8.67. The first kappa shape index (κ1) is 89.0. The molecule has 12 amide bonds. The highest BCUT2D eigenvalue weighted by Crippen LogP contribution is 2.21. The zero-order valence-corrected chi connectivity index (χ0v) is 64.1. The van der Waals surface area contributed by atoms with Crippen molar-refractivity contribution in [3.63, 3.8) is 0 Å². The number of carboxylic acid groups (broad SMARTS) is 2. The summed E-state index contributed by atoms with van der Waals surface area (Å²) in [6.07, 6.45) is 7.78. The van der Waals surface area contributed by atoms with Crippen LogP contribution in [-0.4, -0.2) is 248 Å². The molecule has 19 N–H and O–H groups in total. The van der Waals surface area contributed by atoms with Gasteiger partial charge in [0.15, 0.2) is 0 Å². The lowest BCUT2D eigenvalue weighted by molar-refractivity contribution is -0.140. The average molecular weight is 1570 g/mol. The molecule has 35 nitrogen and oxygen atoms in total. The Hall–Kier alpha value is -10.8. The number of hydrogen-bond acceptors (Lipinski definition) is 20. The van der Waals surface area contributed by atoms with Gasteiger partial charge in [-0.2, -0.15) is 0 Å². The van der Waals surface area contributed by atoms with Crippen LogP contribution in [0, 0.1) is 5.92 Å². The lowest BCUT2D eigenvalue weighted by Crippen LogP contribution is -2.59. The second kappa shape index (κ2) is 46.6. The van der Waals surface area contributed by atoms with Gasteiger partial charge in [-0.1, -0.05) is 89.3 Å². The van der Waals surface area contributed by atoms with E-state index in [9.17, 15) is 82.4 Å². The number of aromatic hydroxyl groups is 1. The van der Waals surface area contributed by atoms with Crippen LogP contribution in [0.1, 0.15) is 126 Å². The summed E-state index contributed by atoms with van der Waals surface area (Å²) in [5.41, 5.74) is 13.5. The number of aromatic nitrogens is 3. The molecular formula is C75H108N18O17S. The number of fused-ring (bicyclic) bond motifs is 1. The molecule has 2 aromatic carbocycles. The van der Waals surface area contributed by atoms with E-state index in [-0.39, 0.29) is 89.2 Å². The largest absolute Gasteiger partial charge is 0.508 e. The SMILES string of the molecule is CCCC[C@H](NC(=O)[C@H](Cc1cccs1)NC(=O)[C@H](Cc1cnc[nH]1)NC(=O)CCNC(=O)[C@@H](NC(=O)[C@H](C)NC(=O)[C@H](Cc1c[nH]c2ccccc12)NC(=O)[C@H](CCC(N)=O)NC(=O)[C@@H](Cc1ccc(O)cc1)NC(=O)CCCCCCCNC(=O)CN1CCN(CC(=O)O)CCN(CC(=O)O)CC1)C(C)C)C(N)=O. The van der Waals surface area contributed by atoms with Crippen molar-refractivity contribution in [2.45, 2.75) is 179 Å². The molecule has 606 valence electrons. The summed E-state index contributed by atoms with van der Waals surface area (Å²) in [5, 5.41) is 58.4. The first-order valence-electron chi connectivity index (χ1n) is 37.5. The van der Waals surface area contributed by atoms with Crippen LogP contribution in [0.15, 0.2) is 84.8 Å². The molecule has 0 unspecified atom stereocenters. The number of imidazole rings is 1. The number of nitrogens with two attached hydrogens (primary N) is 2. The Kier molecular flexibility index (Phi) is 37.4. The number of thiophene rings is 1. The van der Waals surface area contributed by atoms with E-state index in [1.165, 1.54) is 42.9 Å². The van der Waals surface area contributed by atoms with Crippen molar-refractivity contribution in [2.75, 3.05) is 72.0 Å². The molecule has 4 heterocycles. The van der Waals surface area contributed by atoms with Gasteiger partial charge in [-0.05, 0) is 79.3 Å². The third-order valence-electron chi connectivity index (χ3n) is 18.7. The molecule has 5 aromatic rings. The highest BCUT2D eigenvalue weighted by Gasteiger charge is 2.35. The number of aliphatic carboxylic acids is 2. The molecule has 0 radical (unpaired) electrons. The maximum atomic E-state index is 14.7. The Balaban J connectivity index is 1.05. The quantitative estimate of drug-likeness (QED) is 0.0218. The molecule has 3 aromatic heterocycles. The van der Waals surface area contributed by atoms with Crippen LogP contribution in [0.4, 0.5) is 0 Å². The van der Waals surface area contributed by atoms with E-state index in [0.29, 0.717) is 112 Å². The number of amides is 12. The molecule has 6 rings (SSSR count). The van der Waals surface area contributed by atoms with Gasteiger partial charge in [0.2, 0.25) is 70.9 Å². The van der Waals surface area contributed by atoms with E-state index < -0.39 is 138 Å².